The zero-order chi connectivity index (χ0) is 18.4. The molecule has 0 saturated heterocycles. The van der Waals surface area contributed by atoms with E-state index in [1.165, 1.54) is 23.0 Å². The molecule has 0 aliphatic heterocycles. The van der Waals surface area contributed by atoms with E-state index in [4.69, 9.17) is 0 Å². The number of aromatic nitrogens is 3. The number of hydrazine groups is 1. The van der Waals surface area contributed by atoms with Gasteiger partial charge in [-0.1, -0.05) is 36.4 Å². The standard InChI is InChI=1S/C18H17N5O3/c24-16(13-22-9-5-4-8-17(22)25)20-21-18(26)15-10-19-23(12-15)11-14-6-2-1-3-7-14/h1-10,12H,11,13H2,(H,20,24)(H,21,26). The summed E-state index contributed by atoms with van der Waals surface area (Å²) in [6, 6.07) is 14.3. The van der Waals surface area contributed by atoms with Crippen molar-refractivity contribution in [2.24, 2.45) is 0 Å². The summed E-state index contributed by atoms with van der Waals surface area (Å²) in [7, 11) is 0. The van der Waals surface area contributed by atoms with Crippen molar-refractivity contribution in [1.29, 1.82) is 0 Å². The van der Waals surface area contributed by atoms with E-state index in [0.29, 0.717) is 12.1 Å². The van der Waals surface area contributed by atoms with Gasteiger partial charge in [-0.15, -0.1) is 0 Å². The molecule has 0 radical (unpaired) electrons. The van der Waals surface area contributed by atoms with Crippen LogP contribution in [-0.2, 0) is 17.9 Å². The van der Waals surface area contributed by atoms with Crippen molar-refractivity contribution < 1.29 is 9.59 Å². The van der Waals surface area contributed by atoms with Gasteiger partial charge in [0.05, 0.1) is 18.3 Å². The molecule has 0 fully saturated rings. The summed E-state index contributed by atoms with van der Waals surface area (Å²) in [5, 5.41) is 4.14. The van der Waals surface area contributed by atoms with Crippen molar-refractivity contribution in [1.82, 2.24) is 25.2 Å². The summed E-state index contributed by atoms with van der Waals surface area (Å²) in [5.41, 5.74) is 5.67. The van der Waals surface area contributed by atoms with Gasteiger partial charge in [-0.05, 0) is 11.6 Å². The predicted molar refractivity (Wildman–Crippen MR) is 94.1 cm³/mol. The predicted octanol–water partition coefficient (Wildman–Crippen LogP) is 0.554. The maximum absolute atomic E-state index is 12.1. The topological polar surface area (TPSA) is 98.0 Å². The molecule has 26 heavy (non-hydrogen) atoms. The molecule has 0 saturated carbocycles. The molecule has 1 aromatic carbocycles. The Labute approximate surface area is 149 Å². The van der Waals surface area contributed by atoms with E-state index in [1.807, 2.05) is 30.3 Å². The third kappa shape index (κ3) is 4.44. The van der Waals surface area contributed by atoms with Crippen molar-refractivity contribution in [3.8, 4) is 0 Å². The fourth-order valence-electron chi connectivity index (χ4n) is 2.32. The van der Waals surface area contributed by atoms with Crippen molar-refractivity contribution in [2.45, 2.75) is 13.1 Å². The molecular formula is C18H17N5O3. The fraction of sp³-hybridized carbons (Fsp3) is 0.111. The molecule has 2 amide bonds. The Morgan fingerprint density at radius 3 is 2.54 bits per heavy atom. The van der Waals surface area contributed by atoms with Gasteiger partial charge in [0.2, 0.25) is 0 Å². The summed E-state index contributed by atoms with van der Waals surface area (Å²) < 4.78 is 2.87. The average molecular weight is 351 g/mol. The van der Waals surface area contributed by atoms with Crippen LogP contribution in [0.5, 0.6) is 0 Å². The number of hydrogen-bond donors (Lipinski definition) is 2. The number of pyridine rings is 1. The number of carbonyl (C=O) groups is 2. The quantitative estimate of drug-likeness (QED) is 0.656. The second-order valence-electron chi connectivity index (χ2n) is 5.58. The van der Waals surface area contributed by atoms with Crippen LogP contribution >= 0.6 is 0 Å². The summed E-state index contributed by atoms with van der Waals surface area (Å²) in [4.78, 5) is 35.5. The molecule has 8 heteroatoms. The van der Waals surface area contributed by atoms with E-state index in [1.54, 1.807) is 23.0 Å². The highest BCUT2D eigenvalue weighted by Crippen LogP contribution is 2.03. The Kier molecular flexibility index (Phi) is 5.23. The maximum Gasteiger partial charge on any atom is 0.272 e. The summed E-state index contributed by atoms with van der Waals surface area (Å²) in [5.74, 6) is -0.999. The number of amides is 2. The minimum Gasteiger partial charge on any atom is -0.306 e. The van der Waals surface area contributed by atoms with Crippen LogP contribution in [0.1, 0.15) is 15.9 Å². The highest BCUT2D eigenvalue weighted by Gasteiger charge is 2.10. The molecule has 2 N–H and O–H groups in total. The molecule has 3 aromatic rings. The van der Waals surface area contributed by atoms with Crippen LogP contribution in [0.2, 0.25) is 0 Å². The van der Waals surface area contributed by atoms with Crippen molar-refractivity contribution in [2.75, 3.05) is 0 Å². The summed E-state index contributed by atoms with van der Waals surface area (Å²) in [6.07, 6.45) is 4.51. The molecule has 0 atom stereocenters. The molecule has 0 aliphatic carbocycles. The molecule has 0 unspecified atom stereocenters. The molecule has 132 valence electrons. The van der Waals surface area contributed by atoms with Gasteiger partial charge in [0.25, 0.3) is 17.4 Å². The number of nitrogens with one attached hydrogen (secondary N) is 2. The molecule has 3 rings (SSSR count). The van der Waals surface area contributed by atoms with Gasteiger partial charge in [0.1, 0.15) is 6.54 Å². The first-order chi connectivity index (χ1) is 12.6. The largest absolute Gasteiger partial charge is 0.306 e. The molecule has 0 aliphatic rings. The number of hydrogen-bond acceptors (Lipinski definition) is 4. The van der Waals surface area contributed by atoms with Crippen molar-refractivity contribution >= 4 is 11.8 Å². The monoisotopic (exact) mass is 351 g/mol. The fourth-order valence-corrected chi connectivity index (χ4v) is 2.32. The lowest BCUT2D eigenvalue weighted by Crippen LogP contribution is -2.44. The van der Waals surface area contributed by atoms with Crippen molar-refractivity contribution in [3.63, 3.8) is 0 Å². The van der Waals surface area contributed by atoms with Gasteiger partial charge >= 0.3 is 0 Å². The molecule has 0 spiro atoms. The van der Waals surface area contributed by atoms with Gasteiger partial charge < -0.3 is 4.57 Å². The third-order valence-electron chi connectivity index (χ3n) is 3.61. The molecular weight excluding hydrogens is 334 g/mol. The lowest BCUT2D eigenvalue weighted by atomic mass is 10.2. The summed E-state index contributed by atoms with van der Waals surface area (Å²) >= 11 is 0. The van der Waals surface area contributed by atoms with Gasteiger partial charge in [0.15, 0.2) is 0 Å². The zero-order valence-electron chi connectivity index (χ0n) is 13.8. The van der Waals surface area contributed by atoms with E-state index < -0.39 is 11.8 Å². The maximum atomic E-state index is 12.1. The van der Waals surface area contributed by atoms with Crippen LogP contribution in [0.25, 0.3) is 0 Å². The molecule has 2 aromatic heterocycles. The van der Waals surface area contributed by atoms with E-state index in [-0.39, 0.29) is 12.1 Å². The van der Waals surface area contributed by atoms with E-state index in [0.717, 1.165) is 5.56 Å². The first-order valence-corrected chi connectivity index (χ1v) is 7.93. The minimum atomic E-state index is -0.511. The highest BCUT2D eigenvalue weighted by atomic mass is 16.2. The smallest absolute Gasteiger partial charge is 0.272 e. The van der Waals surface area contributed by atoms with E-state index in [9.17, 15) is 14.4 Å². The molecule has 8 nitrogen and oxygen atoms in total. The number of benzene rings is 1. The van der Waals surface area contributed by atoms with Crippen molar-refractivity contribution in [3.05, 3.63) is 88.6 Å². The first kappa shape index (κ1) is 17.2. The van der Waals surface area contributed by atoms with Crippen LogP contribution in [0.4, 0.5) is 0 Å². The third-order valence-corrected chi connectivity index (χ3v) is 3.61. The Balaban J connectivity index is 1.53. The Morgan fingerprint density at radius 2 is 1.77 bits per heavy atom. The zero-order valence-corrected chi connectivity index (χ0v) is 13.8. The Bertz CT molecular complexity index is 962. The van der Waals surface area contributed by atoms with Crippen LogP contribution < -0.4 is 16.4 Å². The SMILES string of the molecule is O=C(Cn1ccccc1=O)NNC(=O)c1cnn(Cc2ccccc2)c1. The first-order valence-electron chi connectivity index (χ1n) is 7.93. The number of carbonyl (C=O) groups excluding carboxylic acids is 2. The lowest BCUT2D eigenvalue weighted by Gasteiger charge is -2.07. The second kappa shape index (κ2) is 7.93. The summed E-state index contributed by atoms with van der Waals surface area (Å²) in [6.45, 7) is 0.352. The minimum absolute atomic E-state index is 0.187. The number of nitrogens with zero attached hydrogens (tertiary/aromatic N) is 3. The van der Waals surface area contributed by atoms with Gasteiger partial charge in [-0.2, -0.15) is 5.10 Å². The van der Waals surface area contributed by atoms with E-state index >= 15 is 0 Å². The number of rotatable bonds is 5. The molecule has 2 heterocycles. The Hall–Kier alpha value is -3.68. The Morgan fingerprint density at radius 1 is 1.00 bits per heavy atom. The highest BCUT2D eigenvalue weighted by molar-refractivity contribution is 5.94. The normalized spacial score (nSPS) is 10.3. The van der Waals surface area contributed by atoms with Gasteiger partial charge in [-0.25, -0.2) is 0 Å². The molecule has 0 bridgehead atoms. The van der Waals surface area contributed by atoms with Crippen LogP contribution in [-0.4, -0.2) is 26.2 Å². The van der Waals surface area contributed by atoms with Gasteiger partial charge in [-0.3, -0.25) is 29.9 Å². The lowest BCUT2D eigenvalue weighted by molar-refractivity contribution is -0.122. The van der Waals surface area contributed by atoms with E-state index in [2.05, 4.69) is 16.0 Å². The average Bonchev–Trinajstić information content (AvgIpc) is 3.11. The second-order valence-corrected chi connectivity index (χ2v) is 5.58. The van der Waals surface area contributed by atoms with Crippen LogP contribution in [0.15, 0.2) is 71.9 Å². The van der Waals surface area contributed by atoms with Crippen LogP contribution in [0, 0.1) is 0 Å². The van der Waals surface area contributed by atoms with Crippen LogP contribution in [0.3, 0.4) is 0 Å². The van der Waals surface area contributed by atoms with Gasteiger partial charge in [0, 0.05) is 18.5 Å².